The third kappa shape index (κ3) is 8.01. The topological polar surface area (TPSA) is 37.5 Å². The third-order valence-corrected chi connectivity index (χ3v) is 18.2. The van der Waals surface area contributed by atoms with E-state index < -0.39 is 0 Å². The van der Waals surface area contributed by atoms with E-state index in [0.29, 0.717) is 0 Å². The third-order valence-electron chi connectivity index (χ3n) is 18.2. The summed E-state index contributed by atoms with van der Waals surface area (Å²) in [7, 11) is 0. The molecule has 416 valence electrons. The van der Waals surface area contributed by atoms with Gasteiger partial charge in [0.05, 0.1) is 60.9 Å². The molecule has 0 radical (unpaired) electrons. The molecule has 0 saturated carbocycles. The highest BCUT2D eigenvalue weighted by atomic mass is 15.0. The Labute approximate surface area is 512 Å². The van der Waals surface area contributed by atoms with Gasteiger partial charge in [-0.25, -0.2) is 0 Å². The first-order valence-electron chi connectivity index (χ1n) is 30.4. The summed E-state index contributed by atoms with van der Waals surface area (Å²) in [5, 5.41) is 12.6. The molecule has 0 aliphatic heterocycles. The highest BCUT2D eigenvalue weighted by Crippen LogP contribution is 2.41. The Hall–Kier alpha value is -12.0. The molecule has 6 aromatic heterocycles. The Morgan fingerprint density at radius 3 is 0.742 bits per heavy atom. The van der Waals surface area contributed by atoms with E-state index in [1.54, 1.807) is 0 Å². The molecule has 19 aromatic rings. The smallest absolute Gasteiger partial charge is 0.0703 e. The number of fused-ring (bicyclic) bond motifs is 15. The molecule has 13 aromatic carbocycles. The molecule has 0 bridgehead atoms. The van der Waals surface area contributed by atoms with E-state index in [1.807, 2.05) is 12.3 Å². The minimum absolute atomic E-state index is 0.941. The molecule has 0 unspecified atom stereocenters. The zero-order chi connectivity index (χ0) is 58.5. The molecule has 6 nitrogen and oxygen atoms in total. The van der Waals surface area contributed by atoms with Gasteiger partial charge in [-0.2, -0.15) is 0 Å². The summed E-state index contributed by atoms with van der Waals surface area (Å²) in [5.74, 6) is 0. The SMILES string of the molecule is c1ccc(-c2cc(-n3c4ccccc4c4ccccc43)cc(-n3c4ccccc4c4cc(-n5c6ccccc6c6ccccc65)ccc43)c2)nc1.c1ccc2c(c1)c1ccccc1n2-c1ccc(-c2ccc(-n3c4ccccc4c4ccccc43)cc2)cc1. The highest BCUT2D eigenvalue weighted by Gasteiger charge is 2.21. The summed E-state index contributed by atoms with van der Waals surface area (Å²) >= 11 is 0. The second kappa shape index (κ2) is 20.3. The van der Waals surface area contributed by atoms with Crippen LogP contribution in [0.15, 0.2) is 328 Å². The molecule has 0 aliphatic carbocycles. The summed E-state index contributed by atoms with van der Waals surface area (Å²) in [6.45, 7) is 0. The molecule has 0 fully saturated rings. The van der Waals surface area contributed by atoms with Gasteiger partial charge in [-0.3, -0.25) is 4.98 Å². The van der Waals surface area contributed by atoms with Gasteiger partial charge in [0.25, 0.3) is 0 Å². The predicted molar refractivity (Wildman–Crippen MR) is 373 cm³/mol. The normalized spacial score (nSPS) is 11.8. The van der Waals surface area contributed by atoms with Crippen LogP contribution in [0.5, 0.6) is 0 Å². The number of para-hydroxylation sites is 9. The lowest BCUT2D eigenvalue weighted by molar-refractivity contribution is 1.13. The minimum atomic E-state index is 0.941. The largest absolute Gasteiger partial charge is 0.309 e. The Morgan fingerprint density at radius 1 is 0.169 bits per heavy atom. The minimum Gasteiger partial charge on any atom is -0.309 e. The second-order valence-corrected chi connectivity index (χ2v) is 23.1. The van der Waals surface area contributed by atoms with Gasteiger partial charge >= 0.3 is 0 Å². The molecule has 6 heterocycles. The van der Waals surface area contributed by atoms with Crippen LogP contribution in [0.3, 0.4) is 0 Å². The predicted octanol–water partition coefficient (Wildman–Crippen LogP) is 21.6. The van der Waals surface area contributed by atoms with Crippen LogP contribution >= 0.6 is 0 Å². The molecule has 89 heavy (non-hydrogen) atoms. The molecule has 6 heteroatoms. The number of hydrogen-bond donors (Lipinski definition) is 0. The van der Waals surface area contributed by atoms with Crippen molar-refractivity contribution in [1.82, 2.24) is 27.8 Å². The van der Waals surface area contributed by atoms with E-state index in [1.165, 1.54) is 126 Å². The van der Waals surface area contributed by atoms with Gasteiger partial charge in [0.2, 0.25) is 0 Å². The fraction of sp³-hybridized carbons (Fsp3) is 0. The molecule has 0 N–H and O–H groups in total. The van der Waals surface area contributed by atoms with E-state index in [9.17, 15) is 0 Å². The van der Waals surface area contributed by atoms with Crippen molar-refractivity contribution in [1.29, 1.82) is 0 Å². The van der Waals surface area contributed by atoms with E-state index in [-0.39, 0.29) is 0 Å². The lowest BCUT2D eigenvalue weighted by atomic mass is 10.0. The van der Waals surface area contributed by atoms with Crippen LogP contribution in [0.2, 0.25) is 0 Å². The van der Waals surface area contributed by atoms with E-state index in [4.69, 9.17) is 4.98 Å². The lowest BCUT2D eigenvalue weighted by Gasteiger charge is -2.16. The number of nitrogens with zero attached hydrogens (tertiary/aromatic N) is 6. The van der Waals surface area contributed by atoms with Crippen molar-refractivity contribution in [3.8, 4) is 50.8 Å². The maximum atomic E-state index is 4.81. The van der Waals surface area contributed by atoms with Crippen LogP contribution in [0, 0.1) is 0 Å². The Bertz CT molecular complexity index is 5600. The summed E-state index contributed by atoms with van der Waals surface area (Å²) in [5.41, 5.74) is 22.2. The average molecular weight is 1140 g/mol. The van der Waals surface area contributed by atoms with Gasteiger partial charge in [0.1, 0.15) is 0 Å². The van der Waals surface area contributed by atoms with Crippen LogP contribution in [0.4, 0.5) is 0 Å². The fourth-order valence-electron chi connectivity index (χ4n) is 14.3. The first-order valence-corrected chi connectivity index (χ1v) is 30.4. The molecular weight excluding hydrogens is 1080 g/mol. The van der Waals surface area contributed by atoms with E-state index in [2.05, 4.69) is 338 Å². The maximum absolute atomic E-state index is 4.81. The monoisotopic (exact) mass is 1130 g/mol. The van der Waals surface area contributed by atoms with Crippen molar-refractivity contribution in [2.24, 2.45) is 0 Å². The van der Waals surface area contributed by atoms with Crippen molar-refractivity contribution in [2.45, 2.75) is 0 Å². The van der Waals surface area contributed by atoms with Crippen molar-refractivity contribution in [3.05, 3.63) is 328 Å². The van der Waals surface area contributed by atoms with Crippen molar-refractivity contribution >= 4 is 109 Å². The zero-order valence-corrected chi connectivity index (χ0v) is 48.4. The number of aromatic nitrogens is 6. The maximum Gasteiger partial charge on any atom is 0.0703 e. The van der Waals surface area contributed by atoms with Gasteiger partial charge in [-0.1, -0.05) is 194 Å². The standard InChI is InChI=1S/C47H30N4.C36H24N2/c1-6-19-42-35(13-1)36-14-2-7-20-43(36)49(42)32-24-25-47-40(30-32)39-17-5-10-23-46(39)51(47)34-28-31(41-18-11-12-26-48-41)27-33(29-34)50-44-21-8-3-15-37(44)38-16-4-9-22-45(38)50;1-5-13-33-29(9-1)30-10-2-6-14-34(30)37(33)27-21-17-25(18-22-27)26-19-23-28(24-20-26)38-35-15-7-3-11-31(35)32-12-4-8-16-36(32)38/h1-30H;1-24H. The number of pyridine rings is 1. The Morgan fingerprint density at radius 2 is 0.427 bits per heavy atom. The number of rotatable bonds is 7. The van der Waals surface area contributed by atoms with Crippen molar-refractivity contribution in [2.75, 3.05) is 0 Å². The highest BCUT2D eigenvalue weighted by molar-refractivity contribution is 6.14. The lowest BCUT2D eigenvalue weighted by Crippen LogP contribution is -2.00. The summed E-state index contributed by atoms with van der Waals surface area (Å²) in [6, 6.07) is 116. The van der Waals surface area contributed by atoms with Crippen LogP contribution in [-0.4, -0.2) is 27.8 Å². The van der Waals surface area contributed by atoms with Gasteiger partial charge in [0.15, 0.2) is 0 Å². The van der Waals surface area contributed by atoms with Crippen LogP contribution < -0.4 is 0 Å². The quantitative estimate of drug-likeness (QED) is 0.157. The Balaban J connectivity index is 0.000000139. The van der Waals surface area contributed by atoms with Crippen molar-refractivity contribution < 1.29 is 0 Å². The average Bonchev–Trinajstić information content (AvgIpc) is 1.72. The molecule has 0 atom stereocenters. The first-order chi connectivity index (χ1) is 44.2. The number of hydrogen-bond acceptors (Lipinski definition) is 1. The van der Waals surface area contributed by atoms with Crippen LogP contribution in [-0.2, 0) is 0 Å². The van der Waals surface area contributed by atoms with Crippen LogP contribution in [0.25, 0.3) is 160 Å². The summed E-state index contributed by atoms with van der Waals surface area (Å²) in [4.78, 5) is 4.81. The van der Waals surface area contributed by atoms with Crippen molar-refractivity contribution in [3.63, 3.8) is 0 Å². The van der Waals surface area contributed by atoms with E-state index >= 15 is 0 Å². The molecule has 0 saturated heterocycles. The number of benzene rings is 13. The summed E-state index contributed by atoms with van der Waals surface area (Å²) in [6.07, 6.45) is 1.87. The van der Waals surface area contributed by atoms with Gasteiger partial charge in [-0.05, 0) is 139 Å². The van der Waals surface area contributed by atoms with E-state index in [0.717, 1.165) is 33.8 Å². The van der Waals surface area contributed by atoms with Gasteiger partial charge in [-0.15, -0.1) is 0 Å². The summed E-state index contributed by atoms with van der Waals surface area (Å²) < 4.78 is 11.9. The first kappa shape index (κ1) is 50.3. The molecule has 0 spiro atoms. The zero-order valence-electron chi connectivity index (χ0n) is 48.4. The van der Waals surface area contributed by atoms with Crippen LogP contribution in [0.1, 0.15) is 0 Å². The molecular formula is C83H54N6. The molecule has 0 amide bonds. The van der Waals surface area contributed by atoms with Gasteiger partial charge < -0.3 is 22.8 Å². The van der Waals surface area contributed by atoms with Gasteiger partial charge in [0, 0.05) is 94.1 Å². The molecule has 19 rings (SSSR count). The second-order valence-electron chi connectivity index (χ2n) is 23.1. The molecule has 0 aliphatic rings. The Kier molecular flexibility index (Phi) is 11.5. The fourth-order valence-corrected chi connectivity index (χ4v) is 14.3.